The molecule has 0 aromatic heterocycles. The van der Waals surface area contributed by atoms with Gasteiger partial charge < -0.3 is 4.74 Å². The molecule has 0 radical (unpaired) electrons. The fourth-order valence-corrected chi connectivity index (χ4v) is 1.49. The quantitative estimate of drug-likeness (QED) is 0.620. The Bertz CT molecular complexity index is 218. The van der Waals surface area contributed by atoms with Crippen molar-refractivity contribution in [2.24, 2.45) is 5.41 Å². The maximum Gasteiger partial charge on any atom is 0.138 e. The van der Waals surface area contributed by atoms with Gasteiger partial charge in [-0.2, -0.15) is 0 Å². The highest BCUT2D eigenvalue weighted by atomic mass is 16.5. The van der Waals surface area contributed by atoms with Crippen LogP contribution in [0.25, 0.3) is 0 Å². The number of hydrogen-bond acceptors (Lipinski definition) is 2. The van der Waals surface area contributed by atoms with Gasteiger partial charge in [0.2, 0.25) is 0 Å². The molecule has 0 atom stereocenters. The predicted molar refractivity (Wildman–Crippen MR) is 73.3 cm³/mol. The minimum atomic E-state index is -0.171. The summed E-state index contributed by atoms with van der Waals surface area (Å²) >= 11 is 0. The lowest BCUT2D eigenvalue weighted by molar-refractivity contribution is -0.126. The summed E-state index contributed by atoms with van der Waals surface area (Å²) in [7, 11) is 0. The van der Waals surface area contributed by atoms with E-state index in [1.807, 2.05) is 20.8 Å². The van der Waals surface area contributed by atoms with Crippen LogP contribution in [-0.4, -0.2) is 18.0 Å². The van der Waals surface area contributed by atoms with Crippen LogP contribution in [0.5, 0.6) is 0 Å². The molecule has 0 saturated heterocycles. The lowest BCUT2D eigenvalue weighted by atomic mass is 9.88. The lowest BCUT2D eigenvalue weighted by Crippen LogP contribution is -2.20. The van der Waals surface area contributed by atoms with E-state index in [0.29, 0.717) is 5.78 Å². The first-order chi connectivity index (χ1) is 7.63. The van der Waals surface area contributed by atoms with Gasteiger partial charge >= 0.3 is 0 Å². The van der Waals surface area contributed by atoms with Crippen molar-refractivity contribution in [2.75, 3.05) is 6.61 Å². The van der Waals surface area contributed by atoms with Crippen LogP contribution >= 0.6 is 0 Å². The smallest absolute Gasteiger partial charge is 0.138 e. The first kappa shape index (κ1) is 16.6. The monoisotopic (exact) mass is 242 g/mol. The molecule has 17 heavy (non-hydrogen) atoms. The van der Waals surface area contributed by atoms with Crippen LogP contribution in [0, 0.1) is 5.41 Å². The molecule has 0 aliphatic heterocycles. The molecule has 0 amide bonds. The minimum absolute atomic E-state index is 0.0256. The molecule has 0 saturated carbocycles. The zero-order valence-corrected chi connectivity index (χ0v) is 12.6. The molecule has 0 N–H and O–H groups in total. The molecule has 0 spiro atoms. The van der Waals surface area contributed by atoms with E-state index in [0.717, 1.165) is 38.7 Å². The van der Waals surface area contributed by atoms with E-state index in [-0.39, 0.29) is 11.0 Å². The van der Waals surface area contributed by atoms with Gasteiger partial charge in [-0.15, -0.1) is 0 Å². The summed E-state index contributed by atoms with van der Waals surface area (Å²) in [5.41, 5.74) is -0.197. The van der Waals surface area contributed by atoms with Gasteiger partial charge in [-0.1, -0.05) is 33.6 Å². The summed E-state index contributed by atoms with van der Waals surface area (Å²) in [4.78, 5) is 11.7. The average molecular weight is 242 g/mol. The zero-order valence-electron chi connectivity index (χ0n) is 12.6. The van der Waals surface area contributed by atoms with Crippen LogP contribution in [0.1, 0.15) is 73.6 Å². The van der Waals surface area contributed by atoms with Gasteiger partial charge in [-0.05, 0) is 33.6 Å². The van der Waals surface area contributed by atoms with Crippen LogP contribution in [0.3, 0.4) is 0 Å². The lowest BCUT2D eigenvalue weighted by Gasteiger charge is -2.19. The Balaban J connectivity index is 3.39. The highest BCUT2D eigenvalue weighted by Gasteiger charge is 2.19. The molecule has 0 bridgehead atoms. The Morgan fingerprint density at radius 3 is 1.88 bits per heavy atom. The van der Waals surface area contributed by atoms with Crippen molar-refractivity contribution in [3.63, 3.8) is 0 Å². The van der Waals surface area contributed by atoms with Crippen molar-refractivity contribution in [1.82, 2.24) is 0 Å². The van der Waals surface area contributed by atoms with Crippen LogP contribution < -0.4 is 0 Å². The minimum Gasteiger partial charge on any atom is -0.376 e. The second kappa shape index (κ2) is 7.15. The third kappa shape index (κ3) is 10.5. The highest BCUT2D eigenvalue weighted by Crippen LogP contribution is 2.19. The van der Waals surface area contributed by atoms with Gasteiger partial charge in [0, 0.05) is 18.4 Å². The van der Waals surface area contributed by atoms with Crippen molar-refractivity contribution < 1.29 is 9.53 Å². The van der Waals surface area contributed by atoms with Gasteiger partial charge in [-0.3, -0.25) is 4.79 Å². The van der Waals surface area contributed by atoms with Crippen LogP contribution in [0.2, 0.25) is 0 Å². The second-order valence-corrected chi connectivity index (χ2v) is 6.80. The summed E-state index contributed by atoms with van der Waals surface area (Å²) in [6, 6.07) is 0. The molecule has 0 rings (SSSR count). The van der Waals surface area contributed by atoms with Crippen molar-refractivity contribution in [3.05, 3.63) is 0 Å². The highest BCUT2D eigenvalue weighted by molar-refractivity contribution is 5.83. The SMILES string of the molecule is CC(C)(C)OCCCCCCC(=O)C(C)(C)C. The summed E-state index contributed by atoms with van der Waals surface area (Å²) in [6.07, 6.45) is 5.14. The second-order valence-electron chi connectivity index (χ2n) is 6.80. The van der Waals surface area contributed by atoms with Crippen molar-refractivity contribution in [2.45, 2.75) is 79.2 Å². The molecule has 102 valence electrons. The van der Waals surface area contributed by atoms with E-state index >= 15 is 0 Å². The van der Waals surface area contributed by atoms with Gasteiger partial charge in [0.15, 0.2) is 0 Å². The largest absolute Gasteiger partial charge is 0.376 e. The number of Topliss-reactive ketones (excluding diaryl/α,β-unsaturated/α-hetero) is 1. The normalized spacial score (nSPS) is 12.8. The van der Waals surface area contributed by atoms with Crippen LogP contribution in [0.15, 0.2) is 0 Å². The van der Waals surface area contributed by atoms with Gasteiger partial charge in [0.05, 0.1) is 5.60 Å². The molecule has 2 nitrogen and oxygen atoms in total. The van der Waals surface area contributed by atoms with E-state index in [1.165, 1.54) is 0 Å². The third-order valence-electron chi connectivity index (χ3n) is 2.67. The summed E-state index contributed by atoms with van der Waals surface area (Å²) in [6.45, 7) is 13.0. The van der Waals surface area contributed by atoms with E-state index in [1.54, 1.807) is 0 Å². The Hall–Kier alpha value is -0.370. The predicted octanol–water partition coefficient (Wildman–Crippen LogP) is 4.37. The van der Waals surface area contributed by atoms with Crippen molar-refractivity contribution in [3.8, 4) is 0 Å². The van der Waals surface area contributed by atoms with Crippen molar-refractivity contribution >= 4 is 5.78 Å². The number of ketones is 1. The van der Waals surface area contributed by atoms with Crippen LogP contribution in [-0.2, 0) is 9.53 Å². The maximum absolute atomic E-state index is 11.7. The first-order valence-electron chi connectivity index (χ1n) is 6.80. The number of unbranched alkanes of at least 4 members (excludes halogenated alkanes) is 3. The molecular formula is C15H30O2. The molecule has 0 aliphatic carbocycles. The van der Waals surface area contributed by atoms with Gasteiger partial charge in [0.25, 0.3) is 0 Å². The van der Waals surface area contributed by atoms with Crippen LogP contribution in [0.4, 0.5) is 0 Å². The molecule has 0 aromatic carbocycles. The molecule has 0 fully saturated rings. The molecule has 0 heterocycles. The van der Waals surface area contributed by atoms with Gasteiger partial charge in [-0.25, -0.2) is 0 Å². The molecular weight excluding hydrogens is 212 g/mol. The maximum atomic E-state index is 11.7. The van der Waals surface area contributed by atoms with E-state index < -0.39 is 0 Å². The summed E-state index contributed by atoms with van der Waals surface area (Å²) < 4.78 is 5.64. The molecule has 0 aromatic rings. The molecule has 0 unspecified atom stereocenters. The zero-order chi connectivity index (χ0) is 13.5. The number of carbonyl (C=O) groups excluding carboxylic acids is 1. The van der Waals surface area contributed by atoms with Crippen molar-refractivity contribution in [1.29, 1.82) is 0 Å². The van der Waals surface area contributed by atoms with E-state index in [2.05, 4.69) is 20.8 Å². The van der Waals surface area contributed by atoms with Gasteiger partial charge in [0.1, 0.15) is 5.78 Å². The Morgan fingerprint density at radius 1 is 0.882 bits per heavy atom. The third-order valence-corrected chi connectivity index (χ3v) is 2.67. The number of hydrogen-bond donors (Lipinski definition) is 0. The Morgan fingerprint density at radius 2 is 1.41 bits per heavy atom. The number of carbonyl (C=O) groups is 1. The molecule has 0 aliphatic rings. The average Bonchev–Trinajstić information content (AvgIpc) is 2.12. The topological polar surface area (TPSA) is 26.3 Å². The number of rotatable bonds is 7. The summed E-state index contributed by atoms with van der Waals surface area (Å²) in [5, 5.41) is 0. The standard InChI is InChI=1S/C15H30O2/c1-14(2,3)13(16)11-9-7-8-10-12-17-15(4,5)6/h7-12H2,1-6H3. The molecule has 2 heteroatoms. The Labute approximate surface area is 107 Å². The first-order valence-corrected chi connectivity index (χ1v) is 6.80. The number of ether oxygens (including phenoxy) is 1. The summed E-state index contributed by atoms with van der Waals surface area (Å²) in [5.74, 6) is 0.378. The fourth-order valence-electron chi connectivity index (χ4n) is 1.49. The Kier molecular flexibility index (Phi) is 6.99. The van der Waals surface area contributed by atoms with E-state index in [9.17, 15) is 4.79 Å². The fraction of sp³-hybridized carbons (Fsp3) is 0.933. The van der Waals surface area contributed by atoms with E-state index in [4.69, 9.17) is 4.74 Å².